The average molecular weight is 143 g/mol. The molecule has 0 radical (unpaired) electrons. The van der Waals surface area contributed by atoms with E-state index >= 15 is 0 Å². The number of nitriles is 1. The van der Waals surface area contributed by atoms with Crippen LogP contribution in [0.15, 0.2) is 30.8 Å². The molecule has 1 aromatic rings. The molecule has 0 aliphatic carbocycles. The molecule has 54 valence electrons. The van der Waals surface area contributed by atoms with Crippen molar-refractivity contribution in [2.75, 3.05) is 0 Å². The van der Waals surface area contributed by atoms with Gasteiger partial charge in [0.1, 0.15) is 0 Å². The first-order valence-electron chi connectivity index (χ1n) is 3.45. The molecule has 0 amide bonds. The van der Waals surface area contributed by atoms with Crippen molar-refractivity contribution in [2.24, 2.45) is 0 Å². The summed E-state index contributed by atoms with van der Waals surface area (Å²) in [4.78, 5) is 0. The molecule has 1 nitrogen and oxygen atoms in total. The van der Waals surface area contributed by atoms with E-state index in [0.29, 0.717) is 6.42 Å². The topological polar surface area (TPSA) is 23.8 Å². The minimum Gasteiger partial charge on any atom is -0.198 e. The highest BCUT2D eigenvalue weighted by molar-refractivity contribution is 5.52. The summed E-state index contributed by atoms with van der Waals surface area (Å²) in [6, 6.07) is 9.89. The summed E-state index contributed by atoms with van der Waals surface area (Å²) >= 11 is 0. The van der Waals surface area contributed by atoms with Crippen molar-refractivity contribution in [3.05, 3.63) is 42.0 Å². The molecule has 0 atom stereocenters. The maximum absolute atomic E-state index is 8.46. The Hall–Kier alpha value is -1.55. The SMILES string of the molecule is C=Cc1ccccc1CC#N. The number of nitrogens with zero attached hydrogens (tertiary/aromatic N) is 1. The minimum atomic E-state index is 0.461. The quantitative estimate of drug-likeness (QED) is 0.623. The minimum absolute atomic E-state index is 0.461. The highest BCUT2D eigenvalue weighted by Crippen LogP contribution is 2.09. The van der Waals surface area contributed by atoms with E-state index in [9.17, 15) is 0 Å². The van der Waals surface area contributed by atoms with E-state index in [0.717, 1.165) is 11.1 Å². The van der Waals surface area contributed by atoms with Crippen molar-refractivity contribution < 1.29 is 0 Å². The third-order valence-electron chi connectivity index (χ3n) is 1.54. The fraction of sp³-hybridized carbons (Fsp3) is 0.100. The number of hydrogen-bond donors (Lipinski definition) is 0. The lowest BCUT2D eigenvalue weighted by Crippen LogP contribution is -1.84. The van der Waals surface area contributed by atoms with Gasteiger partial charge < -0.3 is 0 Å². The Morgan fingerprint density at radius 3 is 2.82 bits per heavy atom. The molecule has 0 fully saturated rings. The first kappa shape index (κ1) is 7.56. The van der Waals surface area contributed by atoms with E-state index in [1.165, 1.54) is 0 Å². The van der Waals surface area contributed by atoms with Gasteiger partial charge in [0, 0.05) is 0 Å². The molecule has 0 aliphatic rings. The Bertz CT molecular complexity index is 294. The summed E-state index contributed by atoms with van der Waals surface area (Å²) in [6.45, 7) is 3.66. The maximum Gasteiger partial charge on any atom is 0.0669 e. The lowest BCUT2D eigenvalue weighted by Gasteiger charge is -1.98. The van der Waals surface area contributed by atoms with Crippen LogP contribution < -0.4 is 0 Å². The van der Waals surface area contributed by atoms with Crippen molar-refractivity contribution >= 4 is 6.08 Å². The van der Waals surface area contributed by atoms with Gasteiger partial charge in [0.25, 0.3) is 0 Å². The van der Waals surface area contributed by atoms with Crippen molar-refractivity contribution in [1.29, 1.82) is 5.26 Å². The van der Waals surface area contributed by atoms with E-state index in [2.05, 4.69) is 12.6 Å². The van der Waals surface area contributed by atoms with Gasteiger partial charge in [0.05, 0.1) is 12.5 Å². The van der Waals surface area contributed by atoms with Crippen LogP contribution in [0.1, 0.15) is 11.1 Å². The average Bonchev–Trinajstić information content (AvgIpc) is 2.06. The summed E-state index contributed by atoms with van der Waals surface area (Å²) in [5, 5.41) is 8.46. The molecular formula is C10H9N. The van der Waals surface area contributed by atoms with Crippen molar-refractivity contribution in [2.45, 2.75) is 6.42 Å². The first-order chi connectivity index (χ1) is 5.38. The van der Waals surface area contributed by atoms with Crippen LogP contribution in [0.25, 0.3) is 6.08 Å². The Morgan fingerprint density at radius 2 is 2.18 bits per heavy atom. The van der Waals surface area contributed by atoms with Crippen LogP contribution in [0, 0.1) is 11.3 Å². The molecule has 0 unspecified atom stereocenters. The molecule has 0 saturated carbocycles. The molecule has 11 heavy (non-hydrogen) atoms. The molecule has 0 aliphatic heterocycles. The molecule has 1 heteroatoms. The standard InChI is InChI=1S/C10H9N/c1-2-9-5-3-4-6-10(9)7-8-11/h2-6H,1,7H2. The zero-order valence-electron chi connectivity index (χ0n) is 6.25. The van der Waals surface area contributed by atoms with Gasteiger partial charge in [-0.15, -0.1) is 0 Å². The highest BCUT2D eigenvalue weighted by atomic mass is 14.2. The van der Waals surface area contributed by atoms with E-state index < -0.39 is 0 Å². The molecule has 0 saturated heterocycles. The van der Waals surface area contributed by atoms with E-state index in [1.807, 2.05) is 24.3 Å². The molecule has 0 aromatic heterocycles. The van der Waals surface area contributed by atoms with Crippen LogP contribution in [-0.4, -0.2) is 0 Å². The first-order valence-corrected chi connectivity index (χ1v) is 3.45. The predicted octanol–water partition coefficient (Wildman–Crippen LogP) is 2.40. The Morgan fingerprint density at radius 1 is 1.45 bits per heavy atom. The fourth-order valence-electron chi connectivity index (χ4n) is 0.979. The largest absolute Gasteiger partial charge is 0.198 e. The van der Waals surface area contributed by atoms with Crippen LogP contribution in [0.2, 0.25) is 0 Å². The summed E-state index contributed by atoms with van der Waals surface area (Å²) in [6.07, 6.45) is 2.23. The third-order valence-corrected chi connectivity index (χ3v) is 1.54. The van der Waals surface area contributed by atoms with Gasteiger partial charge in [0.2, 0.25) is 0 Å². The van der Waals surface area contributed by atoms with Crippen molar-refractivity contribution in [3.63, 3.8) is 0 Å². The monoisotopic (exact) mass is 143 g/mol. The third kappa shape index (κ3) is 1.68. The maximum atomic E-state index is 8.46. The molecule has 1 rings (SSSR count). The Kier molecular flexibility index (Phi) is 2.46. The van der Waals surface area contributed by atoms with E-state index in [4.69, 9.17) is 5.26 Å². The second-order valence-electron chi connectivity index (χ2n) is 2.24. The zero-order valence-corrected chi connectivity index (χ0v) is 6.25. The van der Waals surface area contributed by atoms with Crippen LogP contribution in [0.5, 0.6) is 0 Å². The van der Waals surface area contributed by atoms with Crippen LogP contribution in [0.4, 0.5) is 0 Å². The second kappa shape index (κ2) is 3.58. The number of benzene rings is 1. The van der Waals surface area contributed by atoms with Crippen LogP contribution in [-0.2, 0) is 6.42 Å². The van der Waals surface area contributed by atoms with Gasteiger partial charge in [0.15, 0.2) is 0 Å². The number of hydrogen-bond acceptors (Lipinski definition) is 1. The van der Waals surface area contributed by atoms with Crippen molar-refractivity contribution in [1.82, 2.24) is 0 Å². The van der Waals surface area contributed by atoms with Crippen molar-refractivity contribution in [3.8, 4) is 6.07 Å². The molecule has 0 spiro atoms. The van der Waals surface area contributed by atoms with E-state index in [1.54, 1.807) is 6.08 Å². The van der Waals surface area contributed by atoms with E-state index in [-0.39, 0.29) is 0 Å². The summed E-state index contributed by atoms with van der Waals surface area (Å²) in [5.74, 6) is 0. The second-order valence-corrected chi connectivity index (χ2v) is 2.24. The fourth-order valence-corrected chi connectivity index (χ4v) is 0.979. The molecule has 1 aromatic carbocycles. The normalized spacial score (nSPS) is 8.64. The van der Waals surface area contributed by atoms with Gasteiger partial charge in [-0.25, -0.2) is 0 Å². The summed E-state index contributed by atoms with van der Waals surface area (Å²) in [7, 11) is 0. The summed E-state index contributed by atoms with van der Waals surface area (Å²) < 4.78 is 0. The van der Waals surface area contributed by atoms with Gasteiger partial charge in [-0.3, -0.25) is 0 Å². The van der Waals surface area contributed by atoms with Gasteiger partial charge in [-0.05, 0) is 11.1 Å². The highest BCUT2D eigenvalue weighted by Gasteiger charge is 1.94. The lowest BCUT2D eigenvalue weighted by atomic mass is 10.1. The Labute approximate surface area is 66.6 Å². The summed E-state index contributed by atoms with van der Waals surface area (Å²) in [5.41, 5.74) is 2.10. The van der Waals surface area contributed by atoms with Crippen LogP contribution in [0.3, 0.4) is 0 Å². The zero-order chi connectivity index (χ0) is 8.10. The molecule has 0 bridgehead atoms. The van der Waals surface area contributed by atoms with Gasteiger partial charge >= 0.3 is 0 Å². The smallest absolute Gasteiger partial charge is 0.0669 e. The van der Waals surface area contributed by atoms with Gasteiger partial charge in [-0.2, -0.15) is 5.26 Å². The predicted molar refractivity (Wildman–Crippen MR) is 45.9 cm³/mol. The molecular weight excluding hydrogens is 134 g/mol. The number of rotatable bonds is 2. The lowest BCUT2D eigenvalue weighted by molar-refractivity contribution is 1.25. The van der Waals surface area contributed by atoms with Crippen LogP contribution >= 0.6 is 0 Å². The molecule has 0 heterocycles. The Balaban J connectivity index is 3.04. The van der Waals surface area contributed by atoms with Gasteiger partial charge in [-0.1, -0.05) is 36.9 Å². The molecule has 0 N–H and O–H groups in total.